The summed E-state index contributed by atoms with van der Waals surface area (Å²) in [4.78, 5) is 0. The van der Waals surface area contributed by atoms with E-state index in [9.17, 15) is 5.11 Å². The molecule has 1 rings (SSSR count). The minimum atomic E-state index is -0.372. The van der Waals surface area contributed by atoms with Gasteiger partial charge in [0.05, 0.1) is 6.10 Å². The van der Waals surface area contributed by atoms with Gasteiger partial charge in [0.25, 0.3) is 0 Å². The molecular weight excluding hydrogens is 156 g/mol. The average Bonchev–Trinajstić information content (AvgIpc) is 2.38. The number of methoxy groups -OCH3 is 2. The molecule has 0 amide bonds. The number of aliphatic hydroxyl groups excluding tert-OH is 1. The van der Waals surface area contributed by atoms with Crippen LogP contribution in [0.25, 0.3) is 0 Å². The largest absolute Gasteiger partial charge is 0.389 e. The van der Waals surface area contributed by atoms with E-state index in [1.165, 1.54) is 0 Å². The summed E-state index contributed by atoms with van der Waals surface area (Å²) in [6.07, 6.45) is 1.04. The van der Waals surface area contributed by atoms with Gasteiger partial charge in [-0.05, 0) is 18.4 Å². The SMILES string of the molecule is C=C1[C@@H](O)CC[C@@H]1C(OC)OC. The minimum Gasteiger partial charge on any atom is -0.389 e. The highest BCUT2D eigenvalue weighted by Gasteiger charge is 2.33. The Hall–Kier alpha value is -0.380. The number of rotatable bonds is 3. The fraction of sp³-hybridized carbons (Fsp3) is 0.778. The Bertz CT molecular complexity index is 163. The maximum absolute atomic E-state index is 9.40. The third-order valence-corrected chi connectivity index (χ3v) is 2.45. The Labute approximate surface area is 73.0 Å². The number of hydrogen-bond donors (Lipinski definition) is 1. The van der Waals surface area contributed by atoms with Gasteiger partial charge in [-0.15, -0.1) is 0 Å². The van der Waals surface area contributed by atoms with Gasteiger partial charge < -0.3 is 14.6 Å². The topological polar surface area (TPSA) is 38.7 Å². The van der Waals surface area contributed by atoms with Crippen molar-refractivity contribution < 1.29 is 14.6 Å². The second-order valence-corrected chi connectivity index (χ2v) is 3.11. The minimum absolute atomic E-state index is 0.148. The van der Waals surface area contributed by atoms with Crippen molar-refractivity contribution in [2.45, 2.75) is 25.2 Å². The summed E-state index contributed by atoms with van der Waals surface area (Å²) in [5, 5.41) is 9.40. The van der Waals surface area contributed by atoms with Crippen LogP contribution in [-0.2, 0) is 9.47 Å². The third-order valence-electron chi connectivity index (χ3n) is 2.45. The Balaban J connectivity index is 2.57. The van der Waals surface area contributed by atoms with Crippen LogP contribution in [0.3, 0.4) is 0 Å². The first-order chi connectivity index (χ1) is 5.70. The predicted molar refractivity (Wildman–Crippen MR) is 45.7 cm³/mol. The maximum Gasteiger partial charge on any atom is 0.163 e. The first kappa shape index (κ1) is 9.71. The van der Waals surface area contributed by atoms with Gasteiger partial charge in [-0.3, -0.25) is 0 Å². The molecule has 12 heavy (non-hydrogen) atoms. The molecular formula is C9H16O3. The van der Waals surface area contributed by atoms with E-state index in [0.717, 1.165) is 18.4 Å². The van der Waals surface area contributed by atoms with Crippen molar-refractivity contribution in [3.05, 3.63) is 12.2 Å². The third kappa shape index (κ3) is 1.68. The van der Waals surface area contributed by atoms with Gasteiger partial charge >= 0.3 is 0 Å². The van der Waals surface area contributed by atoms with Gasteiger partial charge in [-0.2, -0.15) is 0 Å². The van der Waals surface area contributed by atoms with E-state index in [1.54, 1.807) is 14.2 Å². The normalized spacial score (nSPS) is 30.2. The van der Waals surface area contributed by atoms with E-state index >= 15 is 0 Å². The summed E-state index contributed by atoms with van der Waals surface area (Å²) in [5.74, 6) is 0.148. The van der Waals surface area contributed by atoms with E-state index in [-0.39, 0.29) is 18.3 Å². The summed E-state index contributed by atoms with van der Waals surface area (Å²) in [5.41, 5.74) is 0.837. The fourth-order valence-corrected chi connectivity index (χ4v) is 1.69. The zero-order valence-corrected chi connectivity index (χ0v) is 7.62. The Kier molecular flexibility index (Phi) is 3.26. The van der Waals surface area contributed by atoms with Crippen LogP contribution in [-0.4, -0.2) is 31.7 Å². The van der Waals surface area contributed by atoms with Gasteiger partial charge in [-0.1, -0.05) is 6.58 Å². The quantitative estimate of drug-likeness (QED) is 0.508. The van der Waals surface area contributed by atoms with E-state index in [1.807, 2.05) is 0 Å². The first-order valence-corrected chi connectivity index (χ1v) is 4.13. The molecule has 3 nitrogen and oxygen atoms in total. The molecule has 70 valence electrons. The van der Waals surface area contributed by atoms with Crippen molar-refractivity contribution in [2.24, 2.45) is 5.92 Å². The summed E-state index contributed by atoms with van der Waals surface area (Å²) >= 11 is 0. The smallest absolute Gasteiger partial charge is 0.163 e. The molecule has 1 saturated carbocycles. The first-order valence-electron chi connectivity index (χ1n) is 4.13. The zero-order chi connectivity index (χ0) is 9.14. The Morgan fingerprint density at radius 3 is 2.33 bits per heavy atom. The van der Waals surface area contributed by atoms with Crippen LogP contribution in [0.2, 0.25) is 0 Å². The summed E-state index contributed by atoms with van der Waals surface area (Å²) < 4.78 is 10.2. The van der Waals surface area contributed by atoms with E-state index in [2.05, 4.69) is 6.58 Å². The van der Waals surface area contributed by atoms with Crippen LogP contribution in [0, 0.1) is 5.92 Å². The molecule has 1 aliphatic carbocycles. The second kappa shape index (κ2) is 4.03. The molecule has 0 spiro atoms. The molecule has 0 radical (unpaired) electrons. The predicted octanol–water partition coefficient (Wildman–Crippen LogP) is 0.932. The van der Waals surface area contributed by atoms with Gasteiger partial charge in [0, 0.05) is 20.1 Å². The van der Waals surface area contributed by atoms with Crippen molar-refractivity contribution in [1.29, 1.82) is 0 Å². The Morgan fingerprint density at radius 2 is 2.00 bits per heavy atom. The number of hydrogen-bond acceptors (Lipinski definition) is 3. The highest BCUT2D eigenvalue weighted by Crippen LogP contribution is 2.33. The molecule has 0 heterocycles. The van der Waals surface area contributed by atoms with Crippen molar-refractivity contribution >= 4 is 0 Å². The average molecular weight is 172 g/mol. The zero-order valence-electron chi connectivity index (χ0n) is 7.62. The van der Waals surface area contributed by atoms with E-state index in [0.29, 0.717) is 0 Å². The lowest BCUT2D eigenvalue weighted by molar-refractivity contribution is -0.127. The number of aliphatic hydroxyl groups is 1. The maximum atomic E-state index is 9.40. The Morgan fingerprint density at radius 1 is 1.42 bits per heavy atom. The van der Waals surface area contributed by atoms with Crippen molar-refractivity contribution in [2.75, 3.05) is 14.2 Å². The number of ether oxygens (including phenoxy) is 2. The molecule has 1 fully saturated rings. The van der Waals surface area contributed by atoms with Crippen LogP contribution in [0.4, 0.5) is 0 Å². The molecule has 3 heteroatoms. The van der Waals surface area contributed by atoms with Crippen LogP contribution >= 0.6 is 0 Å². The van der Waals surface area contributed by atoms with Crippen LogP contribution in [0.1, 0.15) is 12.8 Å². The lowest BCUT2D eigenvalue weighted by Crippen LogP contribution is -2.24. The van der Waals surface area contributed by atoms with Crippen molar-refractivity contribution in [1.82, 2.24) is 0 Å². The van der Waals surface area contributed by atoms with Crippen molar-refractivity contribution in [3.8, 4) is 0 Å². The molecule has 0 aromatic carbocycles. The van der Waals surface area contributed by atoms with Gasteiger partial charge in [0.2, 0.25) is 0 Å². The molecule has 0 saturated heterocycles. The van der Waals surface area contributed by atoms with Gasteiger partial charge in [0.1, 0.15) is 0 Å². The molecule has 2 atom stereocenters. The summed E-state index contributed by atoms with van der Waals surface area (Å²) in [6.45, 7) is 3.82. The molecule has 0 aliphatic heterocycles. The van der Waals surface area contributed by atoms with Gasteiger partial charge in [0.15, 0.2) is 6.29 Å². The molecule has 0 aromatic rings. The standard InChI is InChI=1S/C9H16O3/c1-6-7(4-5-8(6)10)9(11-2)12-3/h7-10H,1,4-5H2,2-3H3/t7-,8-/m0/s1. The lowest BCUT2D eigenvalue weighted by atomic mass is 10.0. The van der Waals surface area contributed by atoms with Gasteiger partial charge in [-0.25, -0.2) is 0 Å². The monoisotopic (exact) mass is 172 g/mol. The van der Waals surface area contributed by atoms with Crippen LogP contribution in [0.15, 0.2) is 12.2 Å². The fourth-order valence-electron chi connectivity index (χ4n) is 1.69. The highest BCUT2D eigenvalue weighted by atomic mass is 16.7. The second-order valence-electron chi connectivity index (χ2n) is 3.11. The highest BCUT2D eigenvalue weighted by molar-refractivity contribution is 5.13. The summed E-state index contributed by atoms with van der Waals surface area (Å²) in [7, 11) is 3.21. The van der Waals surface area contributed by atoms with Crippen LogP contribution < -0.4 is 0 Å². The van der Waals surface area contributed by atoms with Crippen molar-refractivity contribution in [3.63, 3.8) is 0 Å². The molecule has 0 bridgehead atoms. The molecule has 1 N–H and O–H groups in total. The molecule has 0 aromatic heterocycles. The summed E-state index contributed by atoms with van der Waals surface area (Å²) in [6, 6.07) is 0. The van der Waals surface area contributed by atoms with Crippen LogP contribution in [0.5, 0.6) is 0 Å². The molecule has 0 unspecified atom stereocenters. The molecule has 1 aliphatic rings. The van der Waals surface area contributed by atoms with E-state index in [4.69, 9.17) is 9.47 Å². The van der Waals surface area contributed by atoms with E-state index < -0.39 is 0 Å². The lowest BCUT2D eigenvalue weighted by Gasteiger charge is -2.21.